The maximum atomic E-state index is 13.2. The highest BCUT2D eigenvalue weighted by Gasteiger charge is 2.40. The number of carboxylic acids is 3. The van der Waals surface area contributed by atoms with E-state index in [-0.39, 0.29) is 35.8 Å². The first-order chi connectivity index (χ1) is 24.8. The third kappa shape index (κ3) is 14.3. The molecule has 1 aromatic heterocycles. The van der Waals surface area contributed by atoms with Crippen molar-refractivity contribution in [3.8, 4) is 0 Å². The molecule has 2 bridgehead atoms. The van der Waals surface area contributed by atoms with Gasteiger partial charge < -0.3 is 42.3 Å². The molecule has 3 saturated heterocycles. The van der Waals surface area contributed by atoms with Crippen LogP contribution in [0.1, 0.15) is 54.7 Å². The lowest BCUT2D eigenvalue weighted by atomic mass is 9.84. The molecule has 2 aromatic rings. The number of nitrogens with one attached hydrogen (secondary N) is 2. The van der Waals surface area contributed by atoms with Crippen molar-refractivity contribution in [3.63, 3.8) is 0 Å². The average Bonchev–Trinajstić information content (AvgIpc) is 3.05. The number of anilines is 1. The second-order valence-corrected chi connectivity index (χ2v) is 12.2. The molecule has 4 fully saturated rings. The highest BCUT2D eigenvalue weighted by atomic mass is 19.4. The largest absolute Gasteiger partial charge is 0.490 e. The summed E-state index contributed by atoms with van der Waals surface area (Å²) in [6, 6.07) is 6.23. The zero-order chi connectivity index (χ0) is 41.2. The Bertz CT molecular complexity index is 1600. The topological polar surface area (TPSA) is 246 Å². The molecule has 1 aromatic carbocycles. The molecular weight excluding hydrogens is 755 g/mol. The standard InChI is InChI=1S/C24H34N8O.3C2HF3O2/c1-14-6-7-17-16(12-14)21(28-18-4-2-3-5-19(18)30-24(25)26)31-22(27-17)23(33)29-20-13-32-10-8-15(20)9-11-32;3*3-2(4,5)1(6)7/h6-7,12,15,18-20H,2-5,8-11,13H2,1H3,(H,29,33)(H4,25,26,30)(H,27,28,31);3*(H,6,7). The van der Waals surface area contributed by atoms with Gasteiger partial charge in [-0.1, -0.05) is 24.5 Å². The van der Waals surface area contributed by atoms with Crippen LogP contribution in [0.25, 0.3) is 10.9 Å². The molecule has 3 atom stereocenters. The lowest BCUT2D eigenvalue weighted by Gasteiger charge is -2.44. The van der Waals surface area contributed by atoms with Gasteiger partial charge in [-0.25, -0.2) is 29.3 Å². The van der Waals surface area contributed by atoms with Gasteiger partial charge in [-0.05, 0) is 63.7 Å². The second-order valence-electron chi connectivity index (χ2n) is 12.2. The van der Waals surface area contributed by atoms with E-state index in [0.29, 0.717) is 11.7 Å². The van der Waals surface area contributed by atoms with E-state index in [2.05, 4.69) is 31.6 Å². The van der Waals surface area contributed by atoms with Gasteiger partial charge in [0.2, 0.25) is 5.82 Å². The molecule has 4 heterocycles. The lowest BCUT2D eigenvalue weighted by Crippen LogP contribution is -2.57. The van der Waals surface area contributed by atoms with Crippen LogP contribution >= 0.6 is 0 Å². The van der Waals surface area contributed by atoms with Gasteiger partial charge in [0, 0.05) is 18.0 Å². The van der Waals surface area contributed by atoms with Gasteiger partial charge in [0.15, 0.2) is 5.96 Å². The van der Waals surface area contributed by atoms with E-state index in [1.807, 2.05) is 19.1 Å². The molecule has 0 radical (unpaired) electrons. The minimum Gasteiger partial charge on any atom is -0.475 e. The van der Waals surface area contributed by atoms with Crippen LogP contribution in [0.15, 0.2) is 23.2 Å². The quantitative estimate of drug-likeness (QED) is 0.130. The van der Waals surface area contributed by atoms with Gasteiger partial charge in [-0.2, -0.15) is 39.5 Å². The van der Waals surface area contributed by atoms with E-state index >= 15 is 0 Å². The number of fused-ring (bicyclic) bond motifs is 4. The number of guanidine groups is 1. The van der Waals surface area contributed by atoms with Crippen molar-refractivity contribution in [1.82, 2.24) is 20.2 Å². The number of nitrogens with two attached hydrogens (primary N) is 2. The highest BCUT2D eigenvalue weighted by molar-refractivity contribution is 5.97. The van der Waals surface area contributed by atoms with E-state index in [0.717, 1.165) is 74.6 Å². The number of aliphatic imine (C=N–C) groups is 1. The lowest BCUT2D eigenvalue weighted by molar-refractivity contribution is -0.193. The summed E-state index contributed by atoms with van der Waals surface area (Å²) in [7, 11) is 0. The molecule has 3 unspecified atom stereocenters. The Kier molecular flexibility index (Phi) is 15.6. The fourth-order valence-electron chi connectivity index (χ4n) is 5.62. The normalized spacial score (nSPS) is 22.1. The Morgan fingerprint density at radius 1 is 0.796 bits per heavy atom. The number of hydrogen-bond acceptors (Lipinski definition) is 9. The van der Waals surface area contributed by atoms with E-state index < -0.39 is 36.4 Å². The summed E-state index contributed by atoms with van der Waals surface area (Å²) in [5, 5.41) is 29.1. The van der Waals surface area contributed by atoms with Gasteiger partial charge >= 0.3 is 36.4 Å². The number of halogens is 9. The van der Waals surface area contributed by atoms with Gasteiger partial charge in [0.25, 0.3) is 5.91 Å². The number of hydrogen-bond donors (Lipinski definition) is 7. The summed E-state index contributed by atoms with van der Waals surface area (Å²) < 4.78 is 95.2. The number of aliphatic carboxylic acids is 3. The van der Waals surface area contributed by atoms with Gasteiger partial charge in [-0.15, -0.1) is 0 Å². The maximum Gasteiger partial charge on any atom is 0.490 e. The summed E-state index contributed by atoms with van der Waals surface area (Å²) in [5.74, 6) is -6.95. The predicted molar refractivity (Wildman–Crippen MR) is 171 cm³/mol. The van der Waals surface area contributed by atoms with E-state index in [1.165, 1.54) is 0 Å². The van der Waals surface area contributed by atoms with Crippen LogP contribution in [0.3, 0.4) is 0 Å². The van der Waals surface area contributed by atoms with Crippen molar-refractivity contribution in [3.05, 3.63) is 29.6 Å². The number of aromatic nitrogens is 2. The van der Waals surface area contributed by atoms with Gasteiger partial charge in [0.05, 0.1) is 17.6 Å². The maximum absolute atomic E-state index is 13.2. The van der Waals surface area contributed by atoms with Crippen molar-refractivity contribution < 1.29 is 74.0 Å². The fourth-order valence-corrected chi connectivity index (χ4v) is 5.62. The van der Waals surface area contributed by atoms with Crippen molar-refractivity contribution in [2.45, 2.75) is 82.1 Å². The Morgan fingerprint density at radius 3 is 1.74 bits per heavy atom. The first-order valence-corrected chi connectivity index (χ1v) is 15.9. The minimum atomic E-state index is -5.08. The van der Waals surface area contributed by atoms with Crippen molar-refractivity contribution >= 4 is 46.5 Å². The van der Waals surface area contributed by atoms with Gasteiger partial charge in [-0.3, -0.25) is 4.79 Å². The number of amides is 1. The molecule has 0 spiro atoms. The molecule has 15 nitrogen and oxygen atoms in total. The summed E-state index contributed by atoms with van der Waals surface area (Å²) in [4.78, 5) is 56.1. The van der Waals surface area contributed by atoms with Crippen LogP contribution in [0, 0.1) is 12.8 Å². The highest BCUT2D eigenvalue weighted by Crippen LogP contribution is 2.30. The number of carbonyl (C=O) groups is 4. The van der Waals surface area contributed by atoms with Crippen LogP contribution in [0.4, 0.5) is 45.3 Å². The van der Waals surface area contributed by atoms with Crippen molar-refractivity contribution in [2.75, 3.05) is 25.0 Å². The molecule has 3 aliphatic heterocycles. The third-order valence-corrected chi connectivity index (χ3v) is 8.12. The molecule has 24 heteroatoms. The summed E-state index contributed by atoms with van der Waals surface area (Å²) in [6.45, 7) is 5.22. The van der Waals surface area contributed by atoms with Crippen LogP contribution in [-0.2, 0) is 14.4 Å². The summed E-state index contributed by atoms with van der Waals surface area (Å²) >= 11 is 0. The van der Waals surface area contributed by atoms with Gasteiger partial charge in [0.1, 0.15) is 5.82 Å². The fraction of sp³-hybridized carbons (Fsp3) is 0.567. The number of aryl methyl sites for hydroxylation is 1. The van der Waals surface area contributed by atoms with E-state index in [9.17, 15) is 44.3 Å². The molecule has 302 valence electrons. The molecule has 54 heavy (non-hydrogen) atoms. The Morgan fingerprint density at radius 2 is 1.30 bits per heavy atom. The molecule has 1 saturated carbocycles. The Labute approximate surface area is 300 Å². The minimum absolute atomic E-state index is 0.0114. The summed E-state index contributed by atoms with van der Waals surface area (Å²) in [6.07, 6.45) is -8.91. The number of benzene rings is 1. The molecule has 9 N–H and O–H groups in total. The molecule has 1 aliphatic carbocycles. The predicted octanol–water partition coefficient (Wildman–Crippen LogP) is 3.66. The number of piperidine rings is 3. The Balaban J connectivity index is 0.000000393. The number of carboxylic acid groups (broad SMARTS) is 3. The number of rotatable bonds is 5. The second kappa shape index (κ2) is 18.7. The zero-order valence-electron chi connectivity index (χ0n) is 28.2. The molecule has 4 aliphatic rings. The SMILES string of the molecule is Cc1ccc2nc(C(=O)NC3CN4CCC3CC4)nc(NC3CCCCC3N=C(N)N)c2c1.O=C(O)C(F)(F)F.O=C(O)C(F)(F)F.O=C(O)C(F)(F)F. The number of nitrogens with zero attached hydrogens (tertiary/aromatic N) is 4. The third-order valence-electron chi connectivity index (χ3n) is 8.12. The van der Waals surface area contributed by atoms with Crippen molar-refractivity contribution in [2.24, 2.45) is 22.4 Å². The molecule has 6 rings (SSSR count). The van der Waals surface area contributed by atoms with Crippen LogP contribution in [-0.4, -0.2) is 116 Å². The Hall–Kier alpha value is -5.16. The van der Waals surface area contributed by atoms with E-state index in [1.54, 1.807) is 0 Å². The average molecular weight is 793 g/mol. The number of alkyl halides is 9. The zero-order valence-corrected chi connectivity index (χ0v) is 28.2. The van der Waals surface area contributed by atoms with Crippen LogP contribution in [0.2, 0.25) is 0 Å². The first kappa shape index (κ1) is 45.0. The van der Waals surface area contributed by atoms with Crippen molar-refractivity contribution in [1.29, 1.82) is 0 Å². The number of carbonyl (C=O) groups excluding carboxylic acids is 1. The molecular formula is C30H37F9N8O7. The first-order valence-electron chi connectivity index (χ1n) is 15.9. The molecule has 1 amide bonds. The monoisotopic (exact) mass is 792 g/mol. The smallest absolute Gasteiger partial charge is 0.475 e. The van der Waals surface area contributed by atoms with Crippen LogP contribution in [0.5, 0.6) is 0 Å². The van der Waals surface area contributed by atoms with E-state index in [4.69, 9.17) is 46.2 Å². The summed E-state index contributed by atoms with van der Waals surface area (Å²) in [5.41, 5.74) is 13.2. The van der Waals surface area contributed by atoms with Crippen LogP contribution < -0.4 is 22.1 Å².